The van der Waals surface area contributed by atoms with Gasteiger partial charge in [0.15, 0.2) is 0 Å². The summed E-state index contributed by atoms with van der Waals surface area (Å²) in [5, 5.41) is 2.57. The molecular weight excluding hydrogens is 425 g/mol. The number of urea groups is 1. The molecule has 0 aliphatic carbocycles. The van der Waals surface area contributed by atoms with E-state index in [0.29, 0.717) is 5.56 Å². The van der Waals surface area contributed by atoms with Crippen LogP contribution in [0.5, 0.6) is 0 Å². The van der Waals surface area contributed by atoms with Crippen molar-refractivity contribution < 1.29 is 23.5 Å². The van der Waals surface area contributed by atoms with Crippen LogP contribution in [0.15, 0.2) is 60.3 Å². The maximum absolute atomic E-state index is 14.0. The number of carbonyl (C=O) groups excluding carboxylic acids is 3. The van der Waals surface area contributed by atoms with Gasteiger partial charge in [0.1, 0.15) is 11.5 Å². The molecule has 3 aromatic rings. The maximum atomic E-state index is 14.0. The summed E-state index contributed by atoms with van der Waals surface area (Å²) in [7, 11) is 1.33. The van der Waals surface area contributed by atoms with Crippen molar-refractivity contribution in [1.82, 2.24) is 14.8 Å². The average Bonchev–Trinajstić information content (AvgIpc) is 3.23. The highest BCUT2D eigenvalue weighted by molar-refractivity contribution is 6.14. The molecule has 4 rings (SSSR count). The molecule has 7 nitrogen and oxygen atoms in total. The number of hydrogen-bond donors (Lipinski definition) is 1. The number of amides is 3. The number of nitrogens with one attached hydrogen (secondary N) is 1. The van der Waals surface area contributed by atoms with E-state index in [4.69, 9.17) is 4.74 Å². The first-order valence-corrected chi connectivity index (χ1v) is 10.3. The molecule has 0 saturated carbocycles. The van der Waals surface area contributed by atoms with E-state index in [1.165, 1.54) is 19.2 Å². The second-order valence-electron chi connectivity index (χ2n) is 7.67. The Labute approximate surface area is 190 Å². The number of imide groups is 1. The number of esters is 1. The van der Waals surface area contributed by atoms with E-state index in [-0.39, 0.29) is 17.8 Å². The summed E-state index contributed by atoms with van der Waals surface area (Å²) in [5.41, 5.74) is 3.97. The molecule has 1 aliphatic heterocycles. The first-order chi connectivity index (χ1) is 15.8. The largest absolute Gasteiger partial charge is 0.465 e. The highest BCUT2D eigenvalue weighted by Crippen LogP contribution is 2.25. The van der Waals surface area contributed by atoms with E-state index in [1.54, 1.807) is 36.4 Å². The molecule has 1 N–H and O–H groups in total. The minimum atomic E-state index is -0.603. The first-order valence-electron chi connectivity index (χ1n) is 10.3. The number of aryl methyl sites for hydroxylation is 1. The van der Waals surface area contributed by atoms with Crippen molar-refractivity contribution in [3.8, 4) is 5.69 Å². The molecular formula is C25H22FN3O4. The van der Waals surface area contributed by atoms with Crippen molar-refractivity contribution in [1.29, 1.82) is 0 Å². The number of ether oxygens (including phenoxy) is 1. The molecule has 2 heterocycles. The molecule has 2 aromatic carbocycles. The summed E-state index contributed by atoms with van der Waals surface area (Å²) in [6.07, 6.45) is 1.60. The fourth-order valence-electron chi connectivity index (χ4n) is 3.89. The van der Waals surface area contributed by atoms with Gasteiger partial charge in [-0.2, -0.15) is 0 Å². The third kappa shape index (κ3) is 4.15. The first kappa shape index (κ1) is 22.0. The molecule has 1 aromatic heterocycles. The van der Waals surface area contributed by atoms with Crippen LogP contribution in [-0.2, 0) is 16.1 Å². The number of halogens is 1. The van der Waals surface area contributed by atoms with Gasteiger partial charge in [-0.15, -0.1) is 0 Å². The van der Waals surface area contributed by atoms with Crippen LogP contribution in [0.2, 0.25) is 0 Å². The molecule has 0 spiro atoms. The van der Waals surface area contributed by atoms with Crippen LogP contribution >= 0.6 is 0 Å². The Morgan fingerprint density at radius 2 is 1.85 bits per heavy atom. The monoisotopic (exact) mass is 447 g/mol. The van der Waals surface area contributed by atoms with Crippen LogP contribution in [0.4, 0.5) is 9.18 Å². The Balaban J connectivity index is 1.64. The number of rotatable bonds is 5. The summed E-state index contributed by atoms with van der Waals surface area (Å²) in [5.74, 6) is -1.44. The number of carbonyl (C=O) groups is 3. The molecule has 3 amide bonds. The van der Waals surface area contributed by atoms with E-state index < -0.39 is 23.7 Å². The molecule has 8 heteroatoms. The Kier molecular flexibility index (Phi) is 5.83. The Hall–Kier alpha value is -4.20. The van der Waals surface area contributed by atoms with E-state index in [0.717, 1.165) is 27.5 Å². The van der Waals surface area contributed by atoms with Crippen LogP contribution in [0.25, 0.3) is 11.8 Å². The predicted molar refractivity (Wildman–Crippen MR) is 120 cm³/mol. The second kappa shape index (κ2) is 8.74. The van der Waals surface area contributed by atoms with Crippen molar-refractivity contribution in [2.45, 2.75) is 20.4 Å². The minimum absolute atomic E-state index is 0.111. The van der Waals surface area contributed by atoms with Gasteiger partial charge >= 0.3 is 12.0 Å². The molecule has 1 aliphatic rings. The molecule has 1 saturated heterocycles. The van der Waals surface area contributed by atoms with E-state index >= 15 is 0 Å². The second-order valence-corrected chi connectivity index (χ2v) is 7.67. The molecule has 0 atom stereocenters. The van der Waals surface area contributed by atoms with Crippen molar-refractivity contribution in [3.63, 3.8) is 0 Å². The number of nitrogens with zero attached hydrogens (tertiary/aromatic N) is 2. The third-order valence-electron chi connectivity index (χ3n) is 5.54. The van der Waals surface area contributed by atoms with Gasteiger partial charge in [-0.05, 0) is 55.8 Å². The lowest BCUT2D eigenvalue weighted by Gasteiger charge is -2.12. The van der Waals surface area contributed by atoms with Crippen molar-refractivity contribution >= 4 is 24.0 Å². The Bertz CT molecular complexity index is 1310. The van der Waals surface area contributed by atoms with Gasteiger partial charge in [0.05, 0.1) is 19.2 Å². The van der Waals surface area contributed by atoms with Crippen LogP contribution in [-0.4, -0.2) is 34.5 Å². The van der Waals surface area contributed by atoms with Gasteiger partial charge in [-0.25, -0.2) is 14.0 Å². The molecule has 0 unspecified atom stereocenters. The molecule has 33 heavy (non-hydrogen) atoms. The minimum Gasteiger partial charge on any atom is -0.465 e. The topological polar surface area (TPSA) is 80.6 Å². The summed E-state index contributed by atoms with van der Waals surface area (Å²) in [6.45, 7) is 3.62. The smallest absolute Gasteiger partial charge is 0.337 e. The normalized spacial score (nSPS) is 14.7. The zero-order valence-electron chi connectivity index (χ0n) is 18.4. The predicted octanol–water partition coefficient (Wildman–Crippen LogP) is 4.11. The zero-order valence-corrected chi connectivity index (χ0v) is 18.4. The molecule has 168 valence electrons. The summed E-state index contributed by atoms with van der Waals surface area (Å²) in [6, 6.07) is 14.3. The van der Waals surface area contributed by atoms with Crippen molar-refractivity contribution in [3.05, 3.63) is 94.2 Å². The highest BCUT2D eigenvalue weighted by atomic mass is 19.1. The molecule has 1 fully saturated rings. The lowest BCUT2D eigenvalue weighted by Crippen LogP contribution is -2.30. The molecule has 0 radical (unpaired) electrons. The van der Waals surface area contributed by atoms with Crippen LogP contribution < -0.4 is 5.32 Å². The number of methoxy groups -OCH3 is 1. The fraction of sp³-hybridized carbons (Fsp3) is 0.160. The van der Waals surface area contributed by atoms with Gasteiger partial charge in [0.2, 0.25) is 0 Å². The Morgan fingerprint density at radius 1 is 1.09 bits per heavy atom. The maximum Gasteiger partial charge on any atom is 0.337 e. The molecule has 0 bridgehead atoms. The van der Waals surface area contributed by atoms with E-state index in [2.05, 4.69) is 5.32 Å². The van der Waals surface area contributed by atoms with Gasteiger partial charge in [-0.3, -0.25) is 9.69 Å². The fourth-order valence-corrected chi connectivity index (χ4v) is 3.89. The van der Waals surface area contributed by atoms with Crippen LogP contribution in [0.3, 0.4) is 0 Å². The summed E-state index contributed by atoms with van der Waals surface area (Å²) < 4.78 is 20.7. The summed E-state index contributed by atoms with van der Waals surface area (Å²) >= 11 is 0. The van der Waals surface area contributed by atoms with Crippen LogP contribution in [0, 0.1) is 19.7 Å². The lowest BCUT2D eigenvalue weighted by molar-refractivity contribution is -0.123. The van der Waals surface area contributed by atoms with Gasteiger partial charge in [0.25, 0.3) is 5.91 Å². The zero-order chi connectivity index (χ0) is 23.7. The number of benzene rings is 2. The lowest BCUT2D eigenvalue weighted by atomic mass is 10.2. The summed E-state index contributed by atoms with van der Waals surface area (Å²) in [4.78, 5) is 38.1. The number of aromatic nitrogens is 1. The van der Waals surface area contributed by atoms with Crippen LogP contribution in [0.1, 0.15) is 32.9 Å². The SMILES string of the molecule is COC(=O)c1cccc(-n2c(C)cc(/C=C3/NC(=O)N(Cc4ccccc4F)C3=O)c2C)c1. The standard InChI is InChI=1S/C25H22FN3O4/c1-15-11-19(16(2)29(15)20-9-6-8-17(12-20)24(31)33-3)13-22-23(30)28(25(32)27-22)14-18-7-4-5-10-21(18)26/h4-13H,14H2,1-3H3,(H,27,32)/b22-13+. The van der Waals surface area contributed by atoms with E-state index in [9.17, 15) is 18.8 Å². The Morgan fingerprint density at radius 3 is 2.58 bits per heavy atom. The van der Waals surface area contributed by atoms with Crippen molar-refractivity contribution in [2.24, 2.45) is 0 Å². The van der Waals surface area contributed by atoms with Gasteiger partial charge in [0, 0.05) is 22.6 Å². The quantitative estimate of drug-likeness (QED) is 0.363. The highest BCUT2D eigenvalue weighted by Gasteiger charge is 2.34. The third-order valence-corrected chi connectivity index (χ3v) is 5.54. The van der Waals surface area contributed by atoms with Crippen molar-refractivity contribution in [2.75, 3.05) is 7.11 Å². The number of hydrogen-bond acceptors (Lipinski definition) is 4. The van der Waals surface area contributed by atoms with E-state index in [1.807, 2.05) is 30.5 Å². The van der Waals surface area contributed by atoms with Gasteiger partial charge < -0.3 is 14.6 Å². The average molecular weight is 447 g/mol. The van der Waals surface area contributed by atoms with Gasteiger partial charge in [-0.1, -0.05) is 24.3 Å².